The van der Waals surface area contributed by atoms with Crippen LogP contribution in [0, 0.1) is 10.1 Å². The average Bonchev–Trinajstić information content (AvgIpc) is 2.68. The summed E-state index contributed by atoms with van der Waals surface area (Å²) in [7, 11) is 1.60. The van der Waals surface area contributed by atoms with E-state index in [4.69, 9.17) is 4.74 Å². The molecule has 2 aromatic carbocycles. The van der Waals surface area contributed by atoms with Crippen LogP contribution in [0.4, 0.5) is 5.69 Å². The Kier molecular flexibility index (Phi) is 6.73. The van der Waals surface area contributed by atoms with Gasteiger partial charge in [0.1, 0.15) is 5.75 Å². The number of benzene rings is 2. The zero-order valence-electron chi connectivity index (χ0n) is 14.4. The minimum absolute atomic E-state index is 0. The second-order valence-electron chi connectivity index (χ2n) is 5.55. The Morgan fingerprint density at radius 1 is 1.19 bits per heavy atom. The molecule has 1 aromatic heterocycles. The number of carbonyl (C=O) groups excluding carboxylic acids is 1. The van der Waals surface area contributed by atoms with Gasteiger partial charge in [0.05, 0.1) is 23.8 Å². The first-order valence-corrected chi connectivity index (χ1v) is 7.84. The second kappa shape index (κ2) is 9.00. The van der Waals surface area contributed by atoms with E-state index in [1.807, 2.05) is 24.3 Å². The third-order valence-corrected chi connectivity index (χ3v) is 3.86. The van der Waals surface area contributed by atoms with Crippen LogP contribution in [-0.4, -0.2) is 22.8 Å². The molecule has 138 valence electrons. The first-order valence-electron chi connectivity index (χ1n) is 7.84. The molecule has 0 spiro atoms. The molecule has 0 amide bonds. The van der Waals surface area contributed by atoms with Crippen LogP contribution in [0.15, 0.2) is 67.1 Å². The molecule has 0 saturated carbocycles. The molecule has 0 N–H and O–H groups in total. The van der Waals surface area contributed by atoms with Crippen molar-refractivity contribution in [2.75, 3.05) is 7.11 Å². The monoisotopic (exact) mass is 429 g/mol. The van der Waals surface area contributed by atoms with Gasteiger partial charge < -0.3 is 21.7 Å². The average molecular weight is 430 g/mol. The van der Waals surface area contributed by atoms with Crippen molar-refractivity contribution in [1.29, 1.82) is 0 Å². The number of nitro benzene ring substituents is 1. The number of nitro groups is 1. The Balaban J connectivity index is 0.00000261. The fourth-order valence-electron chi connectivity index (χ4n) is 2.54. The molecule has 1 heterocycles. The molecule has 0 bridgehead atoms. The molecular formula is C19H16BrN3O4. The molecule has 7 nitrogen and oxygen atoms in total. The zero-order chi connectivity index (χ0) is 18.5. The number of carbonyl (C=O) groups is 1. The summed E-state index contributed by atoms with van der Waals surface area (Å²) < 4.78 is 6.95. The molecule has 0 saturated heterocycles. The molecule has 8 heteroatoms. The van der Waals surface area contributed by atoms with Crippen molar-refractivity contribution in [2.45, 2.75) is 6.54 Å². The van der Waals surface area contributed by atoms with Crippen molar-refractivity contribution in [2.24, 2.45) is 0 Å². The molecular weight excluding hydrogens is 414 g/mol. The fourth-order valence-corrected chi connectivity index (χ4v) is 2.54. The molecule has 3 rings (SSSR count). The van der Waals surface area contributed by atoms with Crippen molar-refractivity contribution in [3.63, 3.8) is 0 Å². The number of aromatic nitrogens is 2. The van der Waals surface area contributed by atoms with E-state index in [0.29, 0.717) is 11.3 Å². The maximum atomic E-state index is 12.4. The molecule has 0 aliphatic rings. The minimum atomic E-state index is -0.520. The number of halogens is 1. The number of ketones is 1. The summed E-state index contributed by atoms with van der Waals surface area (Å²) in [6, 6.07) is 15.0. The highest BCUT2D eigenvalue weighted by atomic mass is 79.9. The summed E-state index contributed by atoms with van der Waals surface area (Å²) in [6.45, 7) is 0.0420. The van der Waals surface area contributed by atoms with Crippen molar-refractivity contribution < 1.29 is 36.0 Å². The highest BCUT2D eigenvalue weighted by Crippen LogP contribution is 2.27. The van der Waals surface area contributed by atoms with E-state index in [0.717, 1.165) is 11.3 Å². The lowest BCUT2D eigenvalue weighted by atomic mass is 10.1. The number of methoxy groups -OCH3 is 1. The van der Waals surface area contributed by atoms with Gasteiger partial charge in [-0.2, -0.15) is 0 Å². The molecule has 0 radical (unpaired) electrons. The number of para-hydroxylation sites is 1. The topological polar surface area (TPSA) is 86.2 Å². The minimum Gasteiger partial charge on any atom is -1.00 e. The smallest absolute Gasteiger partial charge is 0.287 e. The van der Waals surface area contributed by atoms with Crippen LogP contribution in [0.25, 0.3) is 11.3 Å². The van der Waals surface area contributed by atoms with Crippen molar-refractivity contribution in [1.82, 2.24) is 4.98 Å². The first-order chi connectivity index (χ1) is 12.6. The largest absolute Gasteiger partial charge is 1.00 e. The molecule has 0 unspecified atom stereocenters. The molecule has 0 aliphatic heterocycles. The third kappa shape index (κ3) is 4.73. The maximum absolute atomic E-state index is 12.4. The molecule has 3 aromatic rings. The third-order valence-electron chi connectivity index (χ3n) is 3.86. The zero-order valence-corrected chi connectivity index (χ0v) is 16.0. The van der Waals surface area contributed by atoms with Crippen LogP contribution in [0.5, 0.6) is 5.75 Å². The van der Waals surface area contributed by atoms with Gasteiger partial charge in [-0.25, -0.2) is 4.57 Å². The lowest BCUT2D eigenvalue weighted by Gasteiger charge is -2.05. The Morgan fingerprint density at radius 2 is 1.96 bits per heavy atom. The Hall–Kier alpha value is -3.13. The highest BCUT2D eigenvalue weighted by molar-refractivity contribution is 5.95. The quantitative estimate of drug-likeness (QED) is 0.235. The number of nitrogens with zero attached hydrogens (tertiary/aromatic N) is 3. The standard InChI is InChI=1S/C19H16N3O4.BrH/c1-26-19-8-3-2-7-16(19)17-9-10-21(13-20-17)12-18(23)14-5-4-6-15(11-14)22(24)25;/h2-11,13H,12H2,1H3;1H/q+1;/p-1. The first kappa shape index (κ1) is 20.2. The van der Waals surface area contributed by atoms with E-state index in [1.54, 1.807) is 36.3 Å². The van der Waals surface area contributed by atoms with Crippen LogP contribution in [0.2, 0.25) is 0 Å². The van der Waals surface area contributed by atoms with Gasteiger partial charge in [-0.15, -0.1) is 0 Å². The van der Waals surface area contributed by atoms with E-state index in [2.05, 4.69) is 4.98 Å². The lowest BCUT2D eigenvalue weighted by Crippen LogP contribution is -3.00. The Bertz CT molecular complexity index is 961. The summed E-state index contributed by atoms with van der Waals surface area (Å²) in [5, 5.41) is 10.8. The molecule has 0 atom stereocenters. The van der Waals surface area contributed by atoms with Gasteiger partial charge in [-0.3, -0.25) is 14.9 Å². The van der Waals surface area contributed by atoms with Crippen LogP contribution in [-0.2, 0) is 6.54 Å². The summed E-state index contributed by atoms with van der Waals surface area (Å²) in [4.78, 5) is 27.0. The predicted octanol–water partition coefficient (Wildman–Crippen LogP) is -0.160. The molecule has 0 fully saturated rings. The summed E-state index contributed by atoms with van der Waals surface area (Å²) in [5.74, 6) is 0.482. The second-order valence-corrected chi connectivity index (χ2v) is 5.55. The highest BCUT2D eigenvalue weighted by Gasteiger charge is 2.16. The van der Waals surface area contributed by atoms with Gasteiger partial charge in [0.2, 0.25) is 5.78 Å². The van der Waals surface area contributed by atoms with E-state index >= 15 is 0 Å². The number of rotatable bonds is 6. The van der Waals surface area contributed by atoms with Gasteiger partial charge in [0, 0.05) is 23.8 Å². The summed E-state index contributed by atoms with van der Waals surface area (Å²) >= 11 is 0. The van der Waals surface area contributed by atoms with Crippen LogP contribution < -0.4 is 26.3 Å². The van der Waals surface area contributed by atoms with Crippen molar-refractivity contribution in [3.05, 3.63) is 82.8 Å². The summed E-state index contributed by atoms with van der Waals surface area (Å²) in [5.41, 5.74) is 1.76. The number of hydrogen-bond donors (Lipinski definition) is 0. The van der Waals surface area contributed by atoms with E-state index in [1.165, 1.54) is 18.2 Å². The van der Waals surface area contributed by atoms with Crippen molar-refractivity contribution in [3.8, 4) is 17.0 Å². The van der Waals surface area contributed by atoms with Gasteiger partial charge in [0.25, 0.3) is 12.0 Å². The number of Topliss-reactive ketones (excluding diaryl/α,β-unsaturated/α-hetero) is 1. The Labute approximate surface area is 166 Å². The number of ether oxygens (including phenoxy) is 1. The van der Waals surface area contributed by atoms with Gasteiger partial charge in [0.15, 0.2) is 12.2 Å². The van der Waals surface area contributed by atoms with Crippen LogP contribution >= 0.6 is 0 Å². The van der Waals surface area contributed by atoms with Gasteiger partial charge >= 0.3 is 0 Å². The maximum Gasteiger partial charge on any atom is 0.287 e. The van der Waals surface area contributed by atoms with Gasteiger partial charge in [-0.1, -0.05) is 24.3 Å². The Morgan fingerprint density at radius 3 is 2.63 bits per heavy atom. The van der Waals surface area contributed by atoms with E-state index in [9.17, 15) is 14.9 Å². The summed E-state index contributed by atoms with van der Waals surface area (Å²) in [6.07, 6.45) is 3.29. The number of non-ortho nitro benzene ring substituents is 1. The normalized spacial score (nSPS) is 9.96. The molecule has 27 heavy (non-hydrogen) atoms. The van der Waals surface area contributed by atoms with Gasteiger partial charge in [-0.05, 0) is 17.1 Å². The fraction of sp³-hybridized carbons (Fsp3) is 0.105. The number of hydrogen-bond acceptors (Lipinski definition) is 5. The van der Waals surface area contributed by atoms with E-state index in [-0.39, 0.29) is 35.0 Å². The lowest BCUT2D eigenvalue weighted by molar-refractivity contribution is -0.686. The van der Waals surface area contributed by atoms with Crippen LogP contribution in [0.3, 0.4) is 0 Å². The SMILES string of the molecule is COc1ccccc1-c1cc[n+](CC(=O)c2cccc([N+](=O)[O-])c2)cn1.[Br-]. The van der Waals surface area contributed by atoms with E-state index < -0.39 is 4.92 Å². The van der Waals surface area contributed by atoms with Crippen molar-refractivity contribution >= 4 is 11.5 Å². The molecule has 0 aliphatic carbocycles. The van der Waals surface area contributed by atoms with Crippen LogP contribution in [0.1, 0.15) is 10.4 Å². The predicted molar refractivity (Wildman–Crippen MR) is 93.8 cm³/mol.